The summed E-state index contributed by atoms with van der Waals surface area (Å²) in [6.07, 6.45) is 7.88. The van der Waals surface area contributed by atoms with Crippen molar-refractivity contribution in [3.8, 4) is 5.75 Å². The summed E-state index contributed by atoms with van der Waals surface area (Å²) < 4.78 is 6.47. The summed E-state index contributed by atoms with van der Waals surface area (Å²) in [5.41, 5.74) is 0. The first-order valence-corrected chi connectivity index (χ1v) is 13.1. The zero-order chi connectivity index (χ0) is 16.4. The molecule has 0 aliphatic rings. The number of unbranched alkanes of at least 4 members (excludes halogenated alkanes) is 5. The summed E-state index contributed by atoms with van der Waals surface area (Å²) in [6, 6.07) is 22.0. The summed E-state index contributed by atoms with van der Waals surface area (Å²) in [5, 5.41) is 1.32. The highest BCUT2D eigenvalue weighted by Gasteiger charge is 2.36. The lowest BCUT2D eigenvalue weighted by Gasteiger charge is -2.26. The summed E-state index contributed by atoms with van der Waals surface area (Å²) in [7, 11) is 0. The van der Waals surface area contributed by atoms with Crippen LogP contribution in [0.1, 0.15) is 45.4 Å². The number of hydrogen-bond donors (Lipinski definition) is 0. The second-order valence-electron chi connectivity index (χ2n) is 6.03. The lowest BCUT2D eigenvalue weighted by Crippen LogP contribution is -2.47. The highest BCUT2D eigenvalue weighted by Crippen LogP contribution is 2.26. The van der Waals surface area contributed by atoms with E-state index in [1.165, 1.54) is 43.7 Å². The van der Waals surface area contributed by atoms with Gasteiger partial charge in [-0.3, -0.25) is 0 Å². The van der Waals surface area contributed by atoms with Gasteiger partial charge in [0.2, 0.25) is 0 Å². The molecule has 0 N–H and O–H groups in total. The van der Waals surface area contributed by atoms with Crippen LogP contribution in [0.15, 0.2) is 60.7 Å². The molecule has 1 nitrogen and oxygen atoms in total. The fourth-order valence-corrected chi connectivity index (χ4v) is 7.36. The Bertz CT molecular complexity index is 546. The van der Waals surface area contributed by atoms with Crippen molar-refractivity contribution >= 4 is 27.4 Å². The van der Waals surface area contributed by atoms with Gasteiger partial charge in [-0.2, -0.15) is 0 Å². The second kappa shape index (κ2) is 9.94. The van der Waals surface area contributed by atoms with Crippen molar-refractivity contribution in [2.45, 2.75) is 51.5 Å². The molecule has 23 heavy (non-hydrogen) atoms. The summed E-state index contributed by atoms with van der Waals surface area (Å²) in [5.74, 6) is 0.964. The Balaban J connectivity index is 2.00. The van der Waals surface area contributed by atoms with E-state index in [1.54, 1.807) is 0 Å². The average molecular weight is 391 g/mol. The first kappa shape index (κ1) is 18.3. The molecule has 0 aliphatic heterocycles. The number of hydrogen-bond acceptors (Lipinski definition) is 1. The maximum absolute atomic E-state index is 6.47. The number of para-hydroxylation sites is 1. The fourth-order valence-electron chi connectivity index (χ4n) is 2.75. The summed E-state index contributed by atoms with van der Waals surface area (Å²) in [6.45, 7) is 0.141. The van der Waals surface area contributed by atoms with E-state index >= 15 is 0 Å². The van der Waals surface area contributed by atoms with Crippen LogP contribution in [0.3, 0.4) is 0 Å². The maximum Gasteiger partial charge on any atom is 0.353 e. The molecule has 0 saturated carbocycles. The summed E-state index contributed by atoms with van der Waals surface area (Å²) >= 11 is 4.03. The van der Waals surface area contributed by atoms with Crippen LogP contribution >= 0.6 is 15.3 Å². The standard InChI is InChI=1S/C20H27BrOSi/c1-2-3-4-5-6-13-18-23(21,20-16-11-8-12-17-20)22-19-14-9-7-10-15-19/h7-12,14-17H,2-6,13,18H2,1H3. The van der Waals surface area contributed by atoms with Crippen LogP contribution in [-0.2, 0) is 0 Å². The van der Waals surface area contributed by atoms with Crippen molar-refractivity contribution in [2.24, 2.45) is 0 Å². The Labute approximate surface area is 149 Å². The van der Waals surface area contributed by atoms with Crippen LogP contribution in [0, 0.1) is 0 Å². The lowest BCUT2D eigenvalue weighted by molar-refractivity contribution is 0.559. The van der Waals surface area contributed by atoms with Gasteiger partial charge >= 0.3 is 6.94 Å². The van der Waals surface area contributed by atoms with Crippen molar-refractivity contribution in [1.29, 1.82) is 0 Å². The van der Waals surface area contributed by atoms with Crippen molar-refractivity contribution in [1.82, 2.24) is 0 Å². The van der Waals surface area contributed by atoms with E-state index < -0.39 is 6.94 Å². The van der Waals surface area contributed by atoms with Crippen molar-refractivity contribution < 1.29 is 4.43 Å². The molecule has 0 saturated heterocycles. The number of rotatable bonds is 10. The van der Waals surface area contributed by atoms with Gasteiger partial charge in [0, 0.05) is 0 Å². The molecule has 1 atom stereocenters. The fraction of sp³-hybridized carbons (Fsp3) is 0.400. The van der Waals surface area contributed by atoms with Crippen LogP contribution in [-0.4, -0.2) is 6.94 Å². The van der Waals surface area contributed by atoms with Crippen molar-refractivity contribution in [3.63, 3.8) is 0 Å². The van der Waals surface area contributed by atoms with Crippen LogP contribution in [0.25, 0.3) is 0 Å². The van der Waals surface area contributed by atoms with E-state index in [0.29, 0.717) is 0 Å². The molecule has 0 heterocycles. The Kier molecular flexibility index (Phi) is 7.90. The summed E-state index contributed by atoms with van der Waals surface area (Å²) in [4.78, 5) is 0. The monoisotopic (exact) mass is 390 g/mol. The van der Waals surface area contributed by atoms with Crippen molar-refractivity contribution in [3.05, 3.63) is 60.7 Å². The molecular formula is C20H27BrOSi. The van der Waals surface area contributed by atoms with Gasteiger partial charge in [-0.15, -0.1) is 0 Å². The van der Waals surface area contributed by atoms with Gasteiger partial charge in [-0.25, -0.2) is 0 Å². The topological polar surface area (TPSA) is 9.23 Å². The molecule has 124 valence electrons. The van der Waals surface area contributed by atoms with Gasteiger partial charge in [0.1, 0.15) is 5.75 Å². The van der Waals surface area contributed by atoms with E-state index in [-0.39, 0.29) is 0 Å². The highest BCUT2D eigenvalue weighted by molar-refractivity contribution is 9.26. The molecule has 0 fully saturated rings. The van der Waals surface area contributed by atoms with Gasteiger partial charge in [0.15, 0.2) is 0 Å². The molecule has 0 radical (unpaired) electrons. The minimum absolute atomic E-state index is 0.964. The van der Waals surface area contributed by atoms with E-state index in [1.807, 2.05) is 30.3 Å². The minimum atomic E-state index is -2.12. The third kappa shape index (κ3) is 6.15. The van der Waals surface area contributed by atoms with Crippen molar-refractivity contribution in [2.75, 3.05) is 0 Å². The number of benzene rings is 2. The third-order valence-corrected chi connectivity index (χ3v) is 9.88. The van der Waals surface area contributed by atoms with Gasteiger partial charge < -0.3 is 4.43 Å². The van der Waals surface area contributed by atoms with E-state index in [4.69, 9.17) is 4.43 Å². The molecule has 0 aliphatic carbocycles. The SMILES string of the molecule is CCCCCCCC[Si](Br)(Oc1ccccc1)c1ccccc1. The Hall–Kier alpha value is -1.06. The van der Waals surface area contributed by atoms with Crippen LogP contribution in [0.5, 0.6) is 5.75 Å². The lowest BCUT2D eigenvalue weighted by atomic mass is 10.1. The molecule has 0 aromatic heterocycles. The maximum atomic E-state index is 6.47. The highest BCUT2D eigenvalue weighted by atomic mass is 79.9. The van der Waals surface area contributed by atoms with Crippen LogP contribution in [0.4, 0.5) is 0 Å². The Morgan fingerprint density at radius 3 is 2.00 bits per heavy atom. The Morgan fingerprint density at radius 1 is 0.783 bits per heavy atom. The van der Waals surface area contributed by atoms with Crippen LogP contribution < -0.4 is 9.61 Å². The molecule has 2 rings (SSSR count). The largest absolute Gasteiger partial charge is 0.529 e. The third-order valence-electron chi connectivity index (χ3n) is 4.08. The quantitative estimate of drug-likeness (QED) is 0.267. The van der Waals surface area contributed by atoms with E-state index in [2.05, 4.69) is 52.5 Å². The predicted octanol–water partition coefficient (Wildman–Crippen LogP) is 6.17. The van der Waals surface area contributed by atoms with Gasteiger partial charge in [0.25, 0.3) is 0 Å². The molecule has 1 unspecified atom stereocenters. The number of halogens is 1. The minimum Gasteiger partial charge on any atom is -0.529 e. The normalized spacial score (nSPS) is 13.5. The van der Waals surface area contributed by atoms with Gasteiger partial charge in [-0.05, 0) is 23.4 Å². The van der Waals surface area contributed by atoms with Gasteiger partial charge in [0.05, 0.1) is 0 Å². The smallest absolute Gasteiger partial charge is 0.353 e. The predicted molar refractivity (Wildman–Crippen MR) is 106 cm³/mol. The molecular weight excluding hydrogens is 364 g/mol. The zero-order valence-corrected chi connectivity index (χ0v) is 16.6. The van der Waals surface area contributed by atoms with Crippen LogP contribution in [0.2, 0.25) is 6.04 Å². The first-order chi connectivity index (χ1) is 11.2. The van der Waals surface area contributed by atoms with E-state index in [0.717, 1.165) is 11.8 Å². The molecule has 2 aromatic rings. The molecule has 0 amide bonds. The molecule has 2 aromatic carbocycles. The second-order valence-corrected chi connectivity index (χ2v) is 12.6. The molecule has 0 spiro atoms. The van der Waals surface area contributed by atoms with Gasteiger partial charge in [-0.1, -0.05) is 109 Å². The molecule has 3 heteroatoms. The zero-order valence-electron chi connectivity index (χ0n) is 14.0. The van der Waals surface area contributed by atoms with E-state index in [9.17, 15) is 0 Å². The Morgan fingerprint density at radius 2 is 1.35 bits per heavy atom. The first-order valence-electron chi connectivity index (χ1n) is 8.73. The molecule has 0 bridgehead atoms. The average Bonchev–Trinajstić information content (AvgIpc) is 2.60.